The smallest absolute Gasteiger partial charge is 0.222 e. The van der Waals surface area contributed by atoms with E-state index in [1.807, 2.05) is 42.6 Å². The predicted octanol–water partition coefficient (Wildman–Crippen LogP) is 3.22. The molecular weight excluding hydrogens is 336 g/mol. The second-order valence-corrected chi connectivity index (χ2v) is 6.62. The number of rotatable bonds is 9. The Balaban J connectivity index is 1.44. The average molecular weight is 362 g/mol. The van der Waals surface area contributed by atoms with Crippen molar-refractivity contribution in [3.05, 3.63) is 90.0 Å². The largest absolute Gasteiger partial charge is 0.349 e. The van der Waals surface area contributed by atoms with Crippen molar-refractivity contribution >= 4 is 5.91 Å². The van der Waals surface area contributed by atoms with Crippen LogP contribution in [0.25, 0.3) is 0 Å². The van der Waals surface area contributed by atoms with Gasteiger partial charge in [-0.1, -0.05) is 60.7 Å². The molecule has 0 aliphatic rings. The molecule has 0 fully saturated rings. The lowest BCUT2D eigenvalue weighted by Gasteiger charge is -2.13. The molecule has 5 nitrogen and oxygen atoms in total. The number of nitrogens with two attached hydrogens (primary N) is 1. The van der Waals surface area contributed by atoms with Gasteiger partial charge in [0.1, 0.15) is 5.82 Å². The van der Waals surface area contributed by atoms with Gasteiger partial charge in [0, 0.05) is 31.4 Å². The first-order valence-corrected chi connectivity index (χ1v) is 9.33. The zero-order chi connectivity index (χ0) is 18.9. The van der Waals surface area contributed by atoms with Crippen LogP contribution in [0.15, 0.2) is 73.1 Å². The van der Waals surface area contributed by atoms with Crippen LogP contribution in [-0.4, -0.2) is 15.5 Å². The molecule has 0 aliphatic carbocycles. The minimum Gasteiger partial charge on any atom is -0.349 e. The number of carbonyl (C=O) groups excluding carboxylic acids is 1. The Hall–Kier alpha value is -2.92. The third-order valence-corrected chi connectivity index (χ3v) is 4.59. The Morgan fingerprint density at radius 2 is 1.78 bits per heavy atom. The van der Waals surface area contributed by atoms with Gasteiger partial charge < -0.3 is 15.6 Å². The second-order valence-electron chi connectivity index (χ2n) is 6.62. The molecule has 1 aromatic heterocycles. The highest BCUT2D eigenvalue weighted by molar-refractivity contribution is 5.76. The fraction of sp³-hybridized carbons (Fsp3) is 0.273. The maximum atomic E-state index is 12.2. The summed E-state index contributed by atoms with van der Waals surface area (Å²) in [6.45, 7) is 1.29. The van der Waals surface area contributed by atoms with E-state index in [4.69, 9.17) is 5.73 Å². The number of nitrogens with one attached hydrogen (secondary N) is 1. The minimum absolute atomic E-state index is 0.0646. The van der Waals surface area contributed by atoms with E-state index in [2.05, 4.69) is 39.1 Å². The van der Waals surface area contributed by atoms with Crippen LogP contribution < -0.4 is 11.1 Å². The second kappa shape index (κ2) is 9.69. The van der Waals surface area contributed by atoms with Crippen molar-refractivity contribution in [2.45, 2.75) is 38.4 Å². The summed E-state index contributed by atoms with van der Waals surface area (Å²) in [7, 11) is 0. The van der Waals surface area contributed by atoms with Crippen molar-refractivity contribution in [1.82, 2.24) is 14.9 Å². The van der Waals surface area contributed by atoms with Crippen molar-refractivity contribution in [2.75, 3.05) is 0 Å². The fourth-order valence-electron chi connectivity index (χ4n) is 3.08. The quantitative estimate of drug-likeness (QED) is 0.614. The summed E-state index contributed by atoms with van der Waals surface area (Å²) >= 11 is 0. The number of imidazole rings is 1. The number of hydrogen-bond donors (Lipinski definition) is 2. The van der Waals surface area contributed by atoms with Crippen LogP contribution in [0, 0.1) is 0 Å². The minimum atomic E-state index is -0.295. The highest BCUT2D eigenvalue weighted by Crippen LogP contribution is 2.13. The number of amides is 1. The molecule has 0 spiro atoms. The van der Waals surface area contributed by atoms with Crippen LogP contribution in [0.5, 0.6) is 0 Å². The summed E-state index contributed by atoms with van der Waals surface area (Å²) in [6.07, 6.45) is 6.05. The van der Waals surface area contributed by atoms with E-state index < -0.39 is 0 Å². The maximum Gasteiger partial charge on any atom is 0.222 e. The number of benzene rings is 2. The first-order chi connectivity index (χ1) is 13.2. The van der Waals surface area contributed by atoms with E-state index in [9.17, 15) is 4.79 Å². The van der Waals surface area contributed by atoms with Gasteiger partial charge in [-0.2, -0.15) is 0 Å². The highest BCUT2D eigenvalue weighted by atomic mass is 16.1. The van der Waals surface area contributed by atoms with Crippen LogP contribution in [-0.2, 0) is 24.3 Å². The zero-order valence-corrected chi connectivity index (χ0v) is 15.4. The molecule has 140 valence electrons. The van der Waals surface area contributed by atoms with Crippen molar-refractivity contribution in [2.24, 2.45) is 5.73 Å². The van der Waals surface area contributed by atoms with E-state index in [1.165, 1.54) is 5.56 Å². The van der Waals surface area contributed by atoms with Gasteiger partial charge in [0.25, 0.3) is 0 Å². The van der Waals surface area contributed by atoms with Crippen molar-refractivity contribution in [3.8, 4) is 0 Å². The Morgan fingerprint density at radius 1 is 1.07 bits per heavy atom. The molecule has 5 heteroatoms. The number of aryl methyl sites for hydroxylation is 2. The number of nitrogens with zero attached hydrogens (tertiary/aromatic N) is 2. The summed E-state index contributed by atoms with van der Waals surface area (Å²) in [6, 6.07) is 19.8. The summed E-state index contributed by atoms with van der Waals surface area (Å²) in [4.78, 5) is 16.6. The number of hydrogen-bond acceptors (Lipinski definition) is 3. The molecule has 27 heavy (non-hydrogen) atoms. The van der Waals surface area contributed by atoms with Gasteiger partial charge in [-0.15, -0.1) is 0 Å². The van der Waals surface area contributed by atoms with Crippen molar-refractivity contribution < 1.29 is 4.79 Å². The van der Waals surface area contributed by atoms with E-state index >= 15 is 0 Å². The molecule has 1 unspecified atom stereocenters. The maximum absolute atomic E-state index is 12.2. The van der Waals surface area contributed by atoms with Crippen LogP contribution >= 0.6 is 0 Å². The molecule has 1 amide bonds. The molecule has 0 saturated carbocycles. The first-order valence-electron chi connectivity index (χ1n) is 9.33. The van der Waals surface area contributed by atoms with E-state index in [-0.39, 0.29) is 18.4 Å². The molecule has 0 aliphatic heterocycles. The predicted molar refractivity (Wildman–Crippen MR) is 107 cm³/mol. The first kappa shape index (κ1) is 18.9. The molecule has 2 aromatic carbocycles. The molecule has 1 atom stereocenters. The lowest BCUT2D eigenvalue weighted by molar-refractivity contribution is -0.121. The monoisotopic (exact) mass is 362 g/mol. The summed E-state index contributed by atoms with van der Waals surface area (Å²) in [5.41, 5.74) is 8.42. The molecule has 1 heterocycles. The van der Waals surface area contributed by atoms with Crippen molar-refractivity contribution in [1.29, 1.82) is 0 Å². The molecule has 3 rings (SSSR count). The molecule has 3 N–H and O–H groups in total. The normalized spacial score (nSPS) is 11.9. The highest BCUT2D eigenvalue weighted by Gasteiger charge is 2.12. The van der Waals surface area contributed by atoms with E-state index in [1.54, 1.807) is 6.20 Å². The van der Waals surface area contributed by atoms with Crippen LogP contribution in [0.3, 0.4) is 0 Å². The molecular formula is C22H26N4O. The van der Waals surface area contributed by atoms with E-state index in [0.717, 1.165) is 30.8 Å². The standard InChI is InChI=1S/C22H26N4O/c23-20(19-11-5-2-6-12-19)16-22(27)25-17-21-24-13-15-26(21)14-7-10-18-8-3-1-4-9-18/h1-6,8-9,11-13,15,20H,7,10,14,16-17,23H2,(H,25,27). The van der Waals surface area contributed by atoms with Crippen LogP contribution in [0.1, 0.15) is 35.8 Å². The van der Waals surface area contributed by atoms with Gasteiger partial charge in [-0.05, 0) is 24.0 Å². The van der Waals surface area contributed by atoms with Crippen LogP contribution in [0.4, 0.5) is 0 Å². The summed E-state index contributed by atoms with van der Waals surface area (Å²) in [5.74, 6) is 0.801. The van der Waals surface area contributed by atoms with Gasteiger partial charge >= 0.3 is 0 Å². The van der Waals surface area contributed by atoms with Gasteiger partial charge in [0.15, 0.2) is 0 Å². The lowest BCUT2D eigenvalue weighted by Crippen LogP contribution is -2.28. The Morgan fingerprint density at radius 3 is 2.52 bits per heavy atom. The molecule has 0 bridgehead atoms. The topological polar surface area (TPSA) is 72.9 Å². The fourth-order valence-corrected chi connectivity index (χ4v) is 3.08. The van der Waals surface area contributed by atoms with E-state index in [0.29, 0.717) is 6.54 Å². The molecule has 0 radical (unpaired) electrons. The number of aromatic nitrogens is 2. The SMILES string of the molecule is NC(CC(=O)NCc1nccn1CCCc1ccccc1)c1ccccc1. The lowest BCUT2D eigenvalue weighted by atomic mass is 10.0. The third kappa shape index (κ3) is 5.79. The van der Waals surface area contributed by atoms with Crippen LogP contribution in [0.2, 0.25) is 0 Å². The van der Waals surface area contributed by atoms with Gasteiger partial charge in [0.2, 0.25) is 5.91 Å². The van der Waals surface area contributed by atoms with Gasteiger partial charge in [0.05, 0.1) is 6.54 Å². The van der Waals surface area contributed by atoms with Crippen molar-refractivity contribution in [3.63, 3.8) is 0 Å². The molecule has 3 aromatic rings. The Labute approximate surface area is 160 Å². The molecule has 0 saturated heterocycles. The Bertz CT molecular complexity index is 830. The Kier molecular flexibility index (Phi) is 6.77. The average Bonchev–Trinajstić information content (AvgIpc) is 3.15. The van der Waals surface area contributed by atoms with Gasteiger partial charge in [-0.3, -0.25) is 4.79 Å². The summed E-state index contributed by atoms with van der Waals surface area (Å²) in [5, 5.41) is 2.93. The van der Waals surface area contributed by atoms with Gasteiger partial charge in [-0.25, -0.2) is 4.98 Å². The zero-order valence-electron chi connectivity index (χ0n) is 15.4. The number of carbonyl (C=O) groups is 1. The third-order valence-electron chi connectivity index (χ3n) is 4.59. The summed E-state index contributed by atoms with van der Waals surface area (Å²) < 4.78 is 2.10.